The molecule has 0 aliphatic carbocycles. The third-order valence-corrected chi connectivity index (χ3v) is 4.21. The highest BCUT2D eigenvalue weighted by Crippen LogP contribution is 2.29. The van der Waals surface area contributed by atoms with Crippen molar-refractivity contribution in [3.8, 4) is 0 Å². The lowest BCUT2D eigenvalue weighted by molar-refractivity contribution is 1.40. The first-order valence-electron chi connectivity index (χ1n) is 5.15. The maximum absolute atomic E-state index is 5.96. The largest absolute Gasteiger partial charge is 0.397 e. The third kappa shape index (κ3) is 2.93. The molecule has 88 valence electrons. The molecule has 0 aliphatic rings. The summed E-state index contributed by atoms with van der Waals surface area (Å²) in [5.74, 6) is 0. The van der Waals surface area contributed by atoms with Crippen LogP contribution in [0.5, 0.6) is 0 Å². The topological polar surface area (TPSA) is 38.0 Å². The van der Waals surface area contributed by atoms with Crippen LogP contribution in [0.4, 0.5) is 17.1 Å². The van der Waals surface area contributed by atoms with Crippen LogP contribution in [0.25, 0.3) is 0 Å². The van der Waals surface area contributed by atoms with E-state index in [4.69, 9.17) is 5.73 Å². The molecule has 2 nitrogen and oxygen atoms in total. The third-order valence-electron chi connectivity index (χ3n) is 2.55. The molecule has 0 bridgehead atoms. The predicted octanol–water partition coefficient (Wildman–Crippen LogP) is 4.69. The average Bonchev–Trinajstić information content (AvgIpc) is 2.28. The second kappa shape index (κ2) is 5.27. The number of benzene rings is 2. The van der Waals surface area contributed by atoms with Gasteiger partial charge in [-0.05, 0) is 65.4 Å². The lowest BCUT2D eigenvalue weighted by atomic mass is 10.2. The number of nitrogens with one attached hydrogen (secondary N) is 1. The quantitative estimate of drug-likeness (QED) is 0.565. The van der Waals surface area contributed by atoms with E-state index < -0.39 is 0 Å². The highest BCUT2D eigenvalue weighted by Gasteiger charge is 2.04. The molecular formula is C13H12BrIN2. The molecule has 0 fully saturated rings. The fourth-order valence-corrected chi connectivity index (χ4v) is 2.41. The van der Waals surface area contributed by atoms with Crippen LogP contribution >= 0.6 is 38.5 Å². The van der Waals surface area contributed by atoms with Gasteiger partial charge in [0.1, 0.15) is 0 Å². The molecule has 2 aromatic carbocycles. The second-order valence-electron chi connectivity index (χ2n) is 3.77. The Morgan fingerprint density at radius 2 is 1.94 bits per heavy atom. The Bertz CT molecular complexity index is 555. The molecule has 3 N–H and O–H groups in total. The maximum atomic E-state index is 5.96. The summed E-state index contributed by atoms with van der Waals surface area (Å²) in [4.78, 5) is 0. The van der Waals surface area contributed by atoms with E-state index in [0.717, 1.165) is 21.5 Å². The number of halogens is 2. The molecule has 0 amide bonds. The second-order valence-corrected chi connectivity index (χ2v) is 5.85. The highest BCUT2D eigenvalue weighted by atomic mass is 127. The lowest BCUT2D eigenvalue weighted by Gasteiger charge is -2.12. The number of nitrogen functional groups attached to an aromatic ring is 1. The molecule has 0 spiro atoms. The number of hydrogen-bond donors (Lipinski definition) is 2. The molecule has 0 aromatic heterocycles. The van der Waals surface area contributed by atoms with Crippen molar-refractivity contribution in [2.45, 2.75) is 6.92 Å². The van der Waals surface area contributed by atoms with E-state index in [1.807, 2.05) is 24.3 Å². The Morgan fingerprint density at radius 3 is 2.65 bits per heavy atom. The van der Waals surface area contributed by atoms with Gasteiger partial charge in [-0.25, -0.2) is 0 Å². The molecule has 4 heteroatoms. The zero-order valence-corrected chi connectivity index (χ0v) is 13.0. The van der Waals surface area contributed by atoms with Gasteiger partial charge >= 0.3 is 0 Å². The smallest absolute Gasteiger partial charge is 0.0618 e. The molecule has 0 heterocycles. The van der Waals surface area contributed by atoms with Gasteiger partial charge in [-0.1, -0.05) is 22.0 Å². The van der Waals surface area contributed by atoms with Gasteiger partial charge in [0.15, 0.2) is 0 Å². The van der Waals surface area contributed by atoms with Gasteiger partial charge in [-0.15, -0.1) is 0 Å². The molecule has 0 aliphatic heterocycles. The molecule has 2 aromatic rings. The van der Waals surface area contributed by atoms with Gasteiger partial charge in [-0.2, -0.15) is 0 Å². The fraction of sp³-hybridized carbons (Fsp3) is 0.0769. The Balaban J connectivity index is 2.35. The van der Waals surface area contributed by atoms with Crippen LogP contribution in [0, 0.1) is 10.5 Å². The summed E-state index contributed by atoms with van der Waals surface area (Å²) in [5.41, 5.74) is 9.95. The molecule has 17 heavy (non-hydrogen) atoms. The van der Waals surface area contributed by atoms with Crippen molar-refractivity contribution in [3.63, 3.8) is 0 Å². The monoisotopic (exact) mass is 402 g/mol. The maximum Gasteiger partial charge on any atom is 0.0618 e. The van der Waals surface area contributed by atoms with Gasteiger partial charge in [0.05, 0.1) is 11.4 Å². The van der Waals surface area contributed by atoms with Gasteiger partial charge in [0.25, 0.3) is 0 Å². The van der Waals surface area contributed by atoms with Gasteiger partial charge < -0.3 is 11.1 Å². The number of hydrogen-bond acceptors (Lipinski definition) is 2. The zero-order valence-electron chi connectivity index (χ0n) is 9.30. The predicted molar refractivity (Wildman–Crippen MR) is 85.7 cm³/mol. The summed E-state index contributed by atoms with van der Waals surface area (Å²) < 4.78 is 2.23. The van der Waals surface area contributed by atoms with E-state index in [1.54, 1.807) is 0 Å². The van der Waals surface area contributed by atoms with E-state index in [1.165, 1.54) is 9.13 Å². The average molecular weight is 403 g/mol. The van der Waals surface area contributed by atoms with Crippen molar-refractivity contribution < 1.29 is 0 Å². The minimum absolute atomic E-state index is 0.734. The minimum Gasteiger partial charge on any atom is -0.397 e. The number of anilines is 3. The van der Waals surface area contributed by atoms with E-state index in [9.17, 15) is 0 Å². The summed E-state index contributed by atoms with van der Waals surface area (Å²) in [6, 6.07) is 12.0. The van der Waals surface area contributed by atoms with Crippen molar-refractivity contribution in [1.82, 2.24) is 0 Å². The van der Waals surface area contributed by atoms with Crippen molar-refractivity contribution >= 4 is 55.6 Å². The van der Waals surface area contributed by atoms with E-state index >= 15 is 0 Å². The van der Waals surface area contributed by atoms with Crippen molar-refractivity contribution in [2.75, 3.05) is 11.1 Å². The Hall–Kier alpha value is -0.750. The van der Waals surface area contributed by atoms with Crippen LogP contribution in [-0.4, -0.2) is 0 Å². The molecule has 0 atom stereocenters. The van der Waals surface area contributed by atoms with E-state index in [0.29, 0.717) is 0 Å². The van der Waals surface area contributed by atoms with Crippen molar-refractivity contribution in [2.24, 2.45) is 0 Å². The molecule has 0 saturated heterocycles. The zero-order chi connectivity index (χ0) is 12.4. The van der Waals surface area contributed by atoms with Crippen LogP contribution in [0.2, 0.25) is 0 Å². The first-order valence-corrected chi connectivity index (χ1v) is 7.02. The van der Waals surface area contributed by atoms with Crippen molar-refractivity contribution in [3.05, 3.63) is 50.0 Å². The Labute approximate surface area is 123 Å². The van der Waals surface area contributed by atoms with Crippen LogP contribution in [0.1, 0.15) is 5.56 Å². The summed E-state index contributed by atoms with van der Waals surface area (Å²) in [6.45, 7) is 2.10. The van der Waals surface area contributed by atoms with Gasteiger partial charge in [0, 0.05) is 13.7 Å². The van der Waals surface area contributed by atoms with Crippen LogP contribution < -0.4 is 11.1 Å². The SMILES string of the molecule is Cc1c(I)cccc1Nc1ccc(Br)cc1N. The van der Waals surface area contributed by atoms with E-state index in [2.05, 4.69) is 62.9 Å². The lowest BCUT2D eigenvalue weighted by Crippen LogP contribution is -1.98. The summed E-state index contributed by atoms with van der Waals surface area (Å²) in [5, 5.41) is 3.36. The molecule has 2 rings (SSSR count). The Morgan fingerprint density at radius 1 is 1.18 bits per heavy atom. The fourth-order valence-electron chi connectivity index (χ4n) is 1.54. The van der Waals surface area contributed by atoms with E-state index in [-0.39, 0.29) is 0 Å². The molecule has 0 saturated carbocycles. The van der Waals surface area contributed by atoms with Gasteiger partial charge in [0.2, 0.25) is 0 Å². The molecular weight excluding hydrogens is 391 g/mol. The standard InChI is InChI=1S/C13H12BrIN2/c1-8-10(15)3-2-4-12(8)17-13-6-5-9(14)7-11(13)16/h2-7,17H,16H2,1H3. The summed E-state index contributed by atoms with van der Waals surface area (Å²) in [6.07, 6.45) is 0. The normalized spacial score (nSPS) is 10.3. The van der Waals surface area contributed by atoms with Gasteiger partial charge in [-0.3, -0.25) is 0 Å². The first kappa shape index (κ1) is 12.7. The van der Waals surface area contributed by atoms with Crippen LogP contribution in [0.3, 0.4) is 0 Å². The van der Waals surface area contributed by atoms with Crippen LogP contribution in [0.15, 0.2) is 40.9 Å². The molecule has 0 unspecified atom stereocenters. The highest BCUT2D eigenvalue weighted by molar-refractivity contribution is 14.1. The first-order chi connectivity index (χ1) is 8.08. The van der Waals surface area contributed by atoms with Crippen LogP contribution in [-0.2, 0) is 0 Å². The number of nitrogens with two attached hydrogens (primary N) is 1. The summed E-state index contributed by atoms with van der Waals surface area (Å²) >= 11 is 5.73. The number of rotatable bonds is 2. The van der Waals surface area contributed by atoms with Crippen molar-refractivity contribution in [1.29, 1.82) is 0 Å². The Kier molecular flexibility index (Phi) is 3.93. The minimum atomic E-state index is 0.734. The summed E-state index contributed by atoms with van der Waals surface area (Å²) in [7, 11) is 0. The molecule has 0 radical (unpaired) electrons.